The number of esters is 1. The number of hydrogen-bond acceptors (Lipinski definition) is 8. The van der Waals surface area contributed by atoms with E-state index in [4.69, 9.17) is 10.5 Å². The molecule has 13 heteroatoms. The van der Waals surface area contributed by atoms with Gasteiger partial charge in [-0.1, -0.05) is 6.07 Å². The minimum absolute atomic E-state index is 0.00759. The quantitative estimate of drug-likeness (QED) is 0.321. The Morgan fingerprint density at radius 1 is 1.13 bits per heavy atom. The number of carbonyl (C=O) groups excluding carboxylic acids is 3. The summed E-state index contributed by atoms with van der Waals surface area (Å²) in [6.45, 7) is 2.73. The monoisotopic (exact) mass is 450 g/mol. The number of ether oxygens (including phenoxy) is 1. The molecular weight excluding hydrogens is 432 g/mol. The number of aryl methyl sites for hydroxylation is 1. The fourth-order valence-electron chi connectivity index (χ4n) is 2.38. The van der Waals surface area contributed by atoms with Crippen molar-refractivity contribution in [3.05, 3.63) is 63.7 Å². The highest BCUT2D eigenvalue weighted by atomic mass is 32.2. The molecule has 0 heterocycles. The van der Waals surface area contributed by atoms with Crippen LogP contribution in [0.2, 0.25) is 0 Å². The number of carbonyl (C=O) groups is 3. The topological polar surface area (TPSA) is 188 Å². The summed E-state index contributed by atoms with van der Waals surface area (Å²) < 4.78 is 32.4. The van der Waals surface area contributed by atoms with E-state index in [9.17, 15) is 32.9 Å². The highest BCUT2D eigenvalue weighted by Crippen LogP contribution is 2.24. The molecular formula is C18H18N4O8S. The summed E-state index contributed by atoms with van der Waals surface area (Å²) in [4.78, 5) is 44.2. The van der Waals surface area contributed by atoms with Gasteiger partial charge in [-0.15, -0.1) is 0 Å². The number of nitrogens with two attached hydrogens (primary N) is 1. The molecule has 2 rings (SSSR count). The second-order valence-electron chi connectivity index (χ2n) is 6.29. The first-order valence-electron chi connectivity index (χ1n) is 8.60. The number of nitrogens with zero attached hydrogens (tertiary/aromatic N) is 1. The lowest BCUT2D eigenvalue weighted by Crippen LogP contribution is -2.42. The van der Waals surface area contributed by atoms with Crippen molar-refractivity contribution < 1.29 is 32.5 Å². The molecule has 0 radical (unpaired) electrons. The molecule has 2 aromatic carbocycles. The molecule has 2 aromatic rings. The van der Waals surface area contributed by atoms with E-state index in [0.29, 0.717) is 5.56 Å². The summed E-state index contributed by atoms with van der Waals surface area (Å²) in [5.41, 5.74) is 4.84. The summed E-state index contributed by atoms with van der Waals surface area (Å²) >= 11 is 0. The predicted molar refractivity (Wildman–Crippen MR) is 108 cm³/mol. The predicted octanol–water partition coefficient (Wildman–Crippen LogP) is 1.44. The van der Waals surface area contributed by atoms with Gasteiger partial charge in [-0.25, -0.2) is 18.0 Å². The number of imide groups is 1. The van der Waals surface area contributed by atoms with Crippen molar-refractivity contribution in [1.29, 1.82) is 0 Å². The first kappa shape index (κ1) is 23.3. The molecule has 0 aliphatic heterocycles. The van der Waals surface area contributed by atoms with Crippen LogP contribution in [-0.2, 0) is 19.6 Å². The number of primary amides is 1. The number of amides is 3. The van der Waals surface area contributed by atoms with Crippen LogP contribution in [0, 0.1) is 17.0 Å². The summed E-state index contributed by atoms with van der Waals surface area (Å²) in [7, 11) is -4.14. The Balaban J connectivity index is 2.14. The molecule has 1 unspecified atom stereocenters. The zero-order valence-corrected chi connectivity index (χ0v) is 17.1. The van der Waals surface area contributed by atoms with Crippen LogP contribution in [0.1, 0.15) is 22.8 Å². The molecule has 0 aromatic heterocycles. The Kier molecular flexibility index (Phi) is 6.92. The Morgan fingerprint density at radius 2 is 1.74 bits per heavy atom. The molecule has 0 saturated carbocycles. The molecule has 3 amide bonds. The zero-order chi connectivity index (χ0) is 23.3. The van der Waals surface area contributed by atoms with Gasteiger partial charge in [0.1, 0.15) is 0 Å². The summed E-state index contributed by atoms with van der Waals surface area (Å²) in [5.74, 6) is -1.80. The average molecular weight is 450 g/mol. The van der Waals surface area contributed by atoms with Gasteiger partial charge in [-0.05, 0) is 43.7 Å². The standard InChI is InChI=1S/C18H18N4O8S/c1-10-3-8-14(22(26)27)9-15(10)31(28,29)21-13-6-4-12(5-7-13)17(24)30-11(2)16(23)20-18(19)25/h3-9,11,21H,1-2H3,(H3,19,20,23,25). The van der Waals surface area contributed by atoms with E-state index >= 15 is 0 Å². The van der Waals surface area contributed by atoms with Gasteiger partial charge in [0.2, 0.25) is 0 Å². The molecule has 0 bridgehead atoms. The Labute approximate surface area is 176 Å². The fraction of sp³-hybridized carbons (Fsp3) is 0.167. The number of urea groups is 1. The van der Waals surface area contributed by atoms with Gasteiger partial charge in [-0.2, -0.15) is 0 Å². The Hall–Kier alpha value is -4.00. The van der Waals surface area contributed by atoms with Crippen LogP contribution in [0.5, 0.6) is 0 Å². The van der Waals surface area contributed by atoms with Gasteiger partial charge in [0.15, 0.2) is 6.10 Å². The first-order valence-corrected chi connectivity index (χ1v) is 10.1. The minimum Gasteiger partial charge on any atom is -0.449 e. The van der Waals surface area contributed by atoms with Gasteiger partial charge in [0.05, 0.1) is 15.4 Å². The SMILES string of the molecule is Cc1ccc([N+](=O)[O-])cc1S(=O)(=O)Nc1ccc(C(=O)OC(C)C(=O)NC(N)=O)cc1. The molecule has 164 valence electrons. The molecule has 1 atom stereocenters. The van der Waals surface area contributed by atoms with Crippen LogP contribution in [-0.4, -0.2) is 37.4 Å². The number of nitro groups is 1. The number of anilines is 1. The van der Waals surface area contributed by atoms with E-state index in [0.717, 1.165) is 6.07 Å². The maximum Gasteiger partial charge on any atom is 0.338 e. The molecule has 0 aliphatic rings. The Bertz CT molecular complexity index is 1150. The zero-order valence-electron chi connectivity index (χ0n) is 16.3. The normalized spacial score (nSPS) is 11.8. The number of rotatable bonds is 7. The van der Waals surface area contributed by atoms with Crippen LogP contribution in [0.4, 0.5) is 16.2 Å². The van der Waals surface area contributed by atoms with Gasteiger partial charge in [0.25, 0.3) is 21.6 Å². The van der Waals surface area contributed by atoms with Crippen molar-refractivity contribution in [2.45, 2.75) is 24.8 Å². The van der Waals surface area contributed by atoms with E-state index in [-0.39, 0.29) is 21.8 Å². The number of nitrogens with one attached hydrogen (secondary N) is 2. The fourth-order valence-corrected chi connectivity index (χ4v) is 3.71. The van der Waals surface area contributed by atoms with Crippen molar-refractivity contribution in [3.8, 4) is 0 Å². The Morgan fingerprint density at radius 3 is 2.29 bits per heavy atom. The van der Waals surface area contributed by atoms with Crippen molar-refractivity contribution >= 4 is 39.3 Å². The molecule has 4 N–H and O–H groups in total. The highest BCUT2D eigenvalue weighted by Gasteiger charge is 2.22. The van der Waals surface area contributed by atoms with Crippen molar-refractivity contribution in [2.75, 3.05) is 4.72 Å². The third-order valence-electron chi connectivity index (χ3n) is 3.94. The van der Waals surface area contributed by atoms with E-state index in [1.165, 1.54) is 50.2 Å². The lowest BCUT2D eigenvalue weighted by atomic mass is 10.2. The van der Waals surface area contributed by atoms with E-state index < -0.39 is 39.0 Å². The van der Waals surface area contributed by atoms with E-state index in [2.05, 4.69) is 4.72 Å². The number of nitro benzene ring substituents is 1. The van der Waals surface area contributed by atoms with Crippen LogP contribution in [0.3, 0.4) is 0 Å². The molecule has 0 fully saturated rings. The lowest BCUT2D eigenvalue weighted by Gasteiger charge is -2.13. The van der Waals surface area contributed by atoms with Crippen molar-refractivity contribution in [3.63, 3.8) is 0 Å². The molecule has 0 aliphatic carbocycles. The number of hydrogen-bond donors (Lipinski definition) is 3. The highest BCUT2D eigenvalue weighted by molar-refractivity contribution is 7.92. The maximum absolute atomic E-state index is 12.6. The van der Waals surface area contributed by atoms with Gasteiger partial charge < -0.3 is 10.5 Å². The second kappa shape index (κ2) is 9.21. The first-order chi connectivity index (χ1) is 14.4. The van der Waals surface area contributed by atoms with Crippen LogP contribution in [0.25, 0.3) is 0 Å². The molecule has 0 saturated heterocycles. The van der Waals surface area contributed by atoms with E-state index in [1.54, 1.807) is 5.32 Å². The van der Waals surface area contributed by atoms with Crippen LogP contribution >= 0.6 is 0 Å². The third-order valence-corrected chi connectivity index (χ3v) is 5.47. The van der Waals surface area contributed by atoms with E-state index in [1.807, 2.05) is 0 Å². The molecule has 12 nitrogen and oxygen atoms in total. The average Bonchev–Trinajstić information content (AvgIpc) is 2.67. The summed E-state index contributed by atoms with van der Waals surface area (Å²) in [6.07, 6.45) is -1.30. The van der Waals surface area contributed by atoms with Gasteiger partial charge >= 0.3 is 12.0 Å². The molecule has 31 heavy (non-hydrogen) atoms. The second-order valence-corrected chi connectivity index (χ2v) is 7.94. The minimum atomic E-state index is -4.14. The maximum atomic E-state index is 12.6. The summed E-state index contributed by atoms with van der Waals surface area (Å²) in [5, 5.41) is 12.7. The smallest absolute Gasteiger partial charge is 0.338 e. The number of sulfonamides is 1. The van der Waals surface area contributed by atoms with Gasteiger partial charge in [-0.3, -0.25) is 24.9 Å². The number of non-ortho nitro benzene ring substituents is 1. The number of benzene rings is 2. The lowest BCUT2D eigenvalue weighted by molar-refractivity contribution is -0.385. The largest absolute Gasteiger partial charge is 0.449 e. The van der Waals surface area contributed by atoms with Gasteiger partial charge in [0, 0.05) is 17.8 Å². The van der Waals surface area contributed by atoms with Crippen molar-refractivity contribution in [2.24, 2.45) is 5.73 Å². The third kappa shape index (κ3) is 5.99. The van der Waals surface area contributed by atoms with Crippen LogP contribution in [0.15, 0.2) is 47.4 Å². The molecule has 0 spiro atoms. The summed E-state index contributed by atoms with van der Waals surface area (Å²) in [6, 6.07) is 7.41. The van der Waals surface area contributed by atoms with Crippen molar-refractivity contribution in [1.82, 2.24) is 5.32 Å². The van der Waals surface area contributed by atoms with Crippen LogP contribution < -0.4 is 15.8 Å².